The molecular weight excluding hydrogens is 305 g/mol. The van der Waals surface area contributed by atoms with Crippen LogP contribution in [0.3, 0.4) is 0 Å². The number of rotatable bonds is 2. The standard InChI is InChI=1S/C11H7Cl2N5S/c12-6-1-2-8(13)7(3-6)9-10(19-11(14)17-9)18-5-15-4-16-18/h1-5H,(H2,14,17). The van der Waals surface area contributed by atoms with Crippen LogP contribution < -0.4 is 5.73 Å². The molecule has 0 bridgehead atoms. The van der Waals surface area contributed by atoms with Gasteiger partial charge in [-0.2, -0.15) is 5.10 Å². The lowest BCUT2D eigenvalue weighted by molar-refractivity contribution is 0.895. The fraction of sp³-hybridized carbons (Fsp3) is 0. The van der Waals surface area contributed by atoms with E-state index in [0.29, 0.717) is 26.4 Å². The van der Waals surface area contributed by atoms with Crippen LogP contribution in [0.2, 0.25) is 10.0 Å². The van der Waals surface area contributed by atoms with Crippen molar-refractivity contribution in [3.05, 3.63) is 40.9 Å². The third-order valence-electron chi connectivity index (χ3n) is 2.44. The maximum absolute atomic E-state index is 6.19. The monoisotopic (exact) mass is 311 g/mol. The van der Waals surface area contributed by atoms with Gasteiger partial charge in [0.05, 0.1) is 5.02 Å². The summed E-state index contributed by atoms with van der Waals surface area (Å²) in [4.78, 5) is 8.22. The predicted molar refractivity (Wildman–Crippen MR) is 76.9 cm³/mol. The minimum Gasteiger partial charge on any atom is -0.375 e. The largest absolute Gasteiger partial charge is 0.375 e. The summed E-state index contributed by atoms with van der Waals surface area (Å²) in [5.41, 5.74) is 7.14. The number of benzene rings is 1. The normalized spacial score (nSPS) is 10.8. The summed E-state index contributed by atoms with van der Waals surface area (Å²) < 4.78 is 1.60. The molecule has 96 valence electrons. The molecule has 0 amide bonds. The van der Waals surface area contributed by atoms with Crippen LogP contribution in [-0.2, 0) is 0 Å². The Morgan fingerprint density at radius 1 is 1.26 bits per heavy atom. The Kier molecular flexibility index (Phi) is 3.14. The molecule has 3 rings (SSSR count). The van der Waals surface area contributed by atoms with Gasteiger partial charge in [-0.3, -0.25) is 0 Å². The summed E-state index contributed by atoms with van der Waals surface area (Å²) in [6.07, 6.45) is 3.02. The van der Waals surface area contributed by atoms with E-state index in [-0.39, 0.29) is 0 Å². The lowest BCUT2D eigenvalue weighted by Gasteiger charge is -2.04. The second-order valence-corrected chi connectivity index (χ2v) is 5.52. The van der Waals surface area contributed by atoms with E-state index in [2.05, 4.69) is 15.1 Å². The average Bonchev–Trinajstić information content (AvgIpc) is 3.00. The Labute approximate surface area is 122 Å². The van der Waals surface area contributed by atoms with E-state index in [1.54, 1.807) is 29.2 Å². The highest BCUT2D eigenvalue weighted by atomic mass is 35.5. The highest BCUT2D eigenvalue weighted by Gasteiger charge is 2.17. The fourth-order valence-electron chi connectivity index (χ4n) is 1.65. The maximum atomic E-state index is 6.19. The van der Waals surface area contributed by atoms with Crippen LogP contribution in [0.5, 0.6) is 0 Å². The summed E-state index contributed by atoms with van der Waals surface area (Å²) in [5, 5.41) is 6.39. The van der Waals surface area contributed by atoms with Crippen molar-refractivity contribution in [2.45, 2.75) is 0 Å². The molecule has 8 heteroatoms. The van der Waals surface area contributed by atoms with Gasteiger partial charge in [0.1, 0.15) is 23.3 Å². The van der Waals surface area contributed by atoms with Gasteiger partial charge < -0.3 is 5.73 Å². The minimum absolute atomic E-state index is 0.427. The third-order valence-corrected chi connectivity index (χ3v) is 3.88. The van der Waals surface area contributed by atoms with Crippen LogP contribution in [0.4, 0.5) is 5.13 Å². The second-order valence-electron chi connectivity index (χ2n) is 3.67. The summed E-state index contributed by atoms with van der Waals surface area (Å²) in [6, 6.07) is 5.19. The number of hydrogen-bond donors (Lipinski definition) is 1. The summed E-state index contributed by atoms with van der Waals surface area (Å²) in [5.74, 6) is 0. The maximum Gasteiger partial charge on any atom is 0.182 e. The first-order valence-corrected chi connectivity index (χ1v) is 6.79. The van der Waals surface area contributed by atoms with Crippen molar-refractivity contribution in [2.24, 2.45) is 0 Å². The summed E-state index contributed by atoms with van der Waals surface area (Å²) in [7, 11) is 0. The number of nitrogen functional groups attached to an aromatic ring is 1. The van der Waals surface area contributed by atoms with E-state index in [1.807, 2.05) is 0 Å². The van der Waals surface area contributed by atoms with Crippen LogP contribution >= 0.6 is 34.5 Å². The first kappa shape index (κ1) is 12.4. The summed E-state index contributed by atoms with van der Waals surface area (Å²) in [6.45, 7) is 0. The lowest BCUT2D eigenvalue weighted by atomic mass is 10.1. The van der Waals surface area contributed by atoms with Crippen LogP contribution in [0.1, 0.15) is 0 Å². The Bertz CT molecular complexity index is 723. The molecule has 0 spiro atoms. The van der Waals surface area contributed by atoms with E-state index in [1.165, 1.54) is 17.7 Å². The van der Waals surface area contributed by atoms with Crippen molar-refractivity contribution in [3.63, 3.8) is 0 Å². The Balaban J connectivity index is 2.23. The predicted octanol–water partition coefficient (Wildman–Crippen LogP) is 3.28. The molecule has 0 fully saturated rings. The lowest BCUT2D eigenvalue weighted by Crippen LogP contribution is -1.94. The van der Waals surface area contributed by atoms with Gasteiger partial charge in [0, 0.05) is 10.6 Å². The molecule has 0 atom stereocenters. The van der Waals surface area contributed by atoms with Crippen molar-refractivity contribution < 1.29 is 0 Å². The fourth-order valence-corrected chi connectivity index (χ4v) is 2.81. The molecule has 0 aliphatic carbocycles. The molecule has 0 saturated carbocycles. The van der Waals surface area contributed by atoms with E-state index in [9.17, 15) is 0 Å². The molecule has 3 aromatic rings. The smallest absolute Gasteiger partial charge is 0.182 e. The van der Waals surface area contributed by atoms with Crippen LogP contribution in [-0.4, -0.2) is 19.7 Å². The van der Waals surface area contributed by atoms with Gasteiger partial charge in [0.25, 0.3) is 0 Å². The van der Waals surface area contributed by atoms with Crippen LogP contribution in [0.25, 0.3) is 16.3 Å². The number of anilines is 1. The Hall–Kier alpha value is -1.63. The molecule has 19 heavy (non-hydrogen) atoms. The molecule has 2 aromatic heterocycles. The number of nitrogens with two attached hydrogens (primary N) is 1. The average molecular weight is 312 g/mol. The first-order chi connectivity index (χ1) is 9.15. The van der Waals surface area contributed by atoms with Crippen molar-refractivity contribution in [3.8, 4) is 16.3 Å². The molecule has 1 aromatic carbocycles. The van der Waals surface area contributed by atoms with E-state index < -0.39 is 0 Å². The van der Waals surface area contributed by atoms with Crippen molar-refractivity contribution in [1.29, 1.82) is 0 Å². The molecule has 2 N–H and O–H groups in total. The number of thiazole rings is 1. The third kappa shape index (κ3) is 2.30. The number of nitrogens with zero attached hydrogens (tertiary/aromatic N) is 4. The molecule has 0 aliphatic rings. The summed E-state index contributed by atoms with van der Waals surface area (Å²) >= 11 is 13.5. The van der Waals surface area contributed by atoms with Gasteiger partial charge in [-0.05, 0) is 18.2 Å². The molecular formula is C11H7Cl2N5S. The molecule has 5 nitrogen and oxygen atoms in total. The zero-order valence-corrected chi connectivity index (χ0v) is 11.7. The van der Waals surface area contributed by atoms with Gasteiger partial charge in [-0.15, -0.1) is 0 Å². The zero-order chi connectivity index (χ0) is 13.4. The molecule has 0 unspecified atom stereocenters. The minimum atomic E-state index is 0.427. The van der Waals surface area contributed by atoms with E-state index >= 15 is 0 Å². The topological polar surface area (TPSA) is 69.6 Å². The van der Waals surface area contributed by atoms with Crippen LogP contribution in [0, 0.1) is 0 Å². The highest BCUT2D eigenvalue weighted by Crippen LogP contribution is 2.37. The highest BCUT2D eigenvalue weighted by molar-refractivity contribution is 7.18. The van der Waals surface area contributed by atoms with Gasteiger partial charge in [-0.25, -0.2) is 14.6 Å². The Morgan fingerprint density at radius 3 is 2.84 bits per heavy atom. The molecule has 0 aliphatic heterocycles. The SMILES string of the molecule is Nc1nc(-c2cc(Cl)ccc2Cl)c(-n2cncn2)s1. The molecule has 0 radical (unpaired) electrons. The first-order valence-electron chi connectivity index (χ1n) is 5.22. The number of hydrogen-bond acceptors (Lipinski definition) is 5. The van der Waals surface area contributed by atoms with Crippen LogP contribution in [0.15, 0.2) is 30.9 Å². The van der Waals surface area contributed by atoms with Gasteiger partial charge >= 0.3 is 0 Å². The van der Waals surface area contributed by atoms with Gasteiger partial charge in [0.2, 0.25) is 0 Å². The number of aromatic nitrogens is 4. The molecule has 2 heterocycles. The van der Waals surface area contributed by atoms with Crippen molar-refractivity contribution >= 4 is 39.7 Å². The van der Waals surface area contributed by atoms with E-state index in [4.69, 9.17) is 28.9 Å². The van der Waals surface area contributed by atoms with Gasteiger partial charge in [0.15, 0.2) is 5.13 Å². The van der Waals surface area contributed by atoms with E-state index in [0.717, 1.165) is 5.00 Å². The molecule has 0 saturated heterocycles. The van der Waals surface area contributed by atoms with Crippen molar-refractivity contribution in [1.82, 2.24) is 19.7 Å². The second kappa shape index (κ2) is 4.80. The van der Waals surface area contributed by atoms with Gasteiger partial charge in [-0.1, -0.05) is 34.5 Å². The van der Waals surface area contributed by atoms with Crippen molar-refractivity contribution in [2.75, 3.05) is 5.73 Å². The Morgan fingerprint density at radius 2 is 2.11 bits per heavy atom. The zero-order valence-electron chi connectivity index (χ0n) is 9.42. The number of halogens is 2. The quantitative estimate of drug-likeness (QED) is 0.788.